The number of rotatable bonds is 7. The molecule has 2 heterocycles. The number of nitrogens with one attached hydrogen (secondary N) is 1. The predicted molar refractivity (Wildman–Crippen MR) is 99.7 cm³/mol. The zero-order chi connectivity index (χ0) is 16.5. The fourth-order valence-electron chi connectivity index (χ4n) is 2.55. The maximum atomic E-state index is 5.62. The van der Waals surface area contributed by atoms with Crippen LogP contribution in [0.1, 0.15) is 20.8 Å². The Morgan fingerprint density at radius 1 is 1.35 bits per heavy atom. The molecule has 0 bridgehead atoms. The fourth-order valence-corrected chi connectivity index (χ4v) is 3.33. The summed E-state index contributed by atoms with van der Waals surface area (Å²) in [5, 5.41) is 6.92. The molecule has 2 rings (SSSR count). The second kappa shape index (κ2) is 9.78. The van der Waals surface area contributed by atoms with E-state index in [9.17, 15) is 0 Å². The quantitative estimate of drug-likeness (QED) is 0.471. The minimum absolute atomic E-state index is 0.581. The third-order valence-electron chi connectivity index (χ3n) is 3.68. The van der Waals surface area contributed by atoms with Crippen LogP contribution in [0.15, 0.2) is 22.5 Å². The number of guanidine groups is 1. The van der Waals surface area contributed by atoms with Gasteiger partial charge in [-0.1, -0.05) is 13.8 Å². The first-order valence-electron chi connectivity index (χ1n) is 8.60. The molecule has 1 aliphatic heterocycles. The molecule has 1 aliphatic rings. The number of hydrogen-bond donors (Lipinski definition) is 1. The summed E-state index contributed by atoms with van der Waals surface area (Å²) in [6, 6.07) is 4.32. The molecule has 0 amide bonds. The maximum Gasteiger partial charge on any atom is 0.194 e. The number of thiophene rings is 1. The summed E-state index contributed by atoms with van der Waals surface area (Å²) in [6.45, 7) is 13.7. The Bertz CT molecular complexity index is 453. The van der Waals surface area contributed by atoms with Gasteiger partial charge in [0.25, 0.3) is 0 Å². The standard InChI is InChI=1S/C17H30N4OS/c1-4-18-17(19-7-12-22-14-15(2)3)21-10-8-20(9-11-21)16-6-5-13-23-16/h5-6,13,15H,4,7-12,14H2,1-3H3,(H,18,19). The summed E-state index contributed by atoms with van der Waals surface area (Å²) in [4.78, 5) is 9.52. The van der Waals surface area contributed by atoms with Gasteiger partial charge in [-0.25, -0.2) is 0 Å². The lowest BCUT2D eigenvalue weighted by Crippen LogP contribution is -2.52. The second-order valence-electron chi connectivity index (χ2n) is 6.13. The number of ether oxygens (including phenoxy) is 1. The lowest BCUT2D eigenvalue weighted by molar-refractivity contribution is 0.116. The Kier molecular flexibility index (Phi) is 7.68. The van der Waals surface area contributed by atoms with Crippen LogP contribution < -0.4 is 10.2 Å². The van der Waals surface area contributed by atoms with Crippen molar-refractivity contribution in [3.05, 3.63) is 17.5 Å². The van der Waals surface area contributed by atoms with E-state index >= 15 is 0 Å². The zero-order valence-corrected chi connectivity index (χ0v) is 15.4. The zero-order valence-electron chi connectivity index (χ0n) is 14.6. The molecule has 0 aromatic carbocycles. The Morgan fingerprint density at radius 3 is 2.74 bits per heavy atom. The molecule has 0 unspecified atom stereocenters. The number of nitrogens with zero attached hydrogens (tertiary/aromatic N) is 3. The summed E-state index contributed by atoms with van der Waals surface area (Å²) in [6.07, 6.45) is 0. The van der Waals surface area contributed by atoms with Crippen molar-refractivity contribution >= 4 is 22.3 Å². The molecule has 0 spiro atoms. The van der Waals surface area contributed by atoms with E-state index in [1.807, 2.05) is 11.3 Å². The van der Waals surface area contributed by atoms with E-state index in [4.69, 9.17) is 9.73 Å². The van der Waals surface area contributed by atoms with Crippen LogP contribution in [-0.2, 0) is 4.74 Å². The summed E-state index contributed by atoms with van der Waals surface area (Å²) in [7, 11) is 0. The molecular formula is C17H30N4OS. The molecule has 130 valence electrons. The van der Waals surface area contributed by atoms with Crippen molar-refractivity contribution < 1.29 is 4.74 Å². The van der Waals surface area contributed by atoms with E-state index < -0.39 is 0 Å². The van der Waals surface area contributed by atoms with E-state index in [0.29, 0.717) is 12.5 Å². The van der Waals surface area contributed by atoms with E-state index in [0.717, 1.165) is 51.8 Å². The minimum Gasteiger partial charge on any atom is -0.379 e. The summed E-state index contributed by atoms with van der Waals surface area (Å²) >= 11 is 1.82. The topological polar surface area (TPSA) is 40.1 Å². The fraction of sp³-hybridized carbons (Fsp3) is 0.706. The molecule has 1 aromatic heterocycles. The van der Waals surface area contributed by atoms with Crippen LogP contribution in [-0.4, -0.2) is 63.3 Å². The molecule has 23 heavy (non-hydrogen) atoms. The molecule has 0 radical (unpaired) electrons. The van der Waals surface area contributed by atoms with Gasteiger partial charge in [-0.15, -0.1) is 11.3 Å². The predicted octanol–water partition coefficient (Wildman–Crippen LogP) is 2.51. The van der Waals surface area contributed by atoms with Crippen molar-refractivity contribution in [1.29, 1.82) is 0 Å². The summed E-state index contributed by atoms with van der Waals surface area (Å²) in [5.74, 6) is 1.60. The molecule has 0 saturated carbocycles. The highest BCUT2D eigenvalue weighted by atomic mass is 32.1. The molecule has 1 fully saturated rings. The van der Waals surface area contributed by atoms with Crippen molar-refractivity contribution in [2.24, 2.45) is 10.9 Å². The van der Waals surface area contributed by atoms with Gasteiger partial charge < -0.3 is 19.9 Å². The van der Waals surface area contributed by atoms with Crippen molar-refractivity contribution in [3.8, 4) is 0 Å². The van der Waals surface area contributed by atoms with Crippen LogP contribution in [0.3, 0.4) is 0 Å². The molecule has 6 heteroatoms. The van der Waals surface area contributed by atoms with Crippen LogP contribution >= 0.6 is 11.3 Å². The molecule has 5 nitrogen and oxygen atoms in total. The minimum atomic E-state index is 0.581. The van der Waals surface area contributed by atoms with Crippen LogP contribution in [0.5, 0.6) is 0 Å². The van der Waals surface area contributed by atoms with Crippen molar-refractivity contribution in [1.82, 2.24) is 10.2 Å². The highest BCUT2D eigenvalue weighted by molar-refractivity contribution is 7.14. The normalized spacial score (nSPS) is 16.3. The van der Waals surface area contributed by atoms with Gasteiger partial charge in [-0.3, -0.25) is 4.99 Å². The summed E-state index contributed by atoms with van der Waals surface area (Å²) in [5.41, 5.74) is 0. The third-order valence-corrected chi connectivity index (χ3v) is 4.61. The van der Waals surface area contributed by atoms with Gasteiger partial charge in [0, 0.05) is 39.3 Å². The highest BCUT2D eigenvalue weighted by Gasteiger charge is 2.20. The van der Waals surface area contributed by atoms with E-state index in [1.54, 1.807) is 0 Å². The molecule has 1 aromatic rings. The van der Waals surface area contributed by atoms with Gasteiger partial charge in [0.1, 0.15) is 0 Å². The SMILES string of the molecule is CCNC(=NCCOCC(C)C)N1CCN(c2cccs2)CC1. The molecule has 1 saturated heterocycles. The number of anilines is 1. The Labute approximate surface area is 144 Å². The van der Waals surface area contributed by atoms with E-state index in [1.165, 1.54) is 5.00 Å². The molecule has 0 atom stereocenters. The van der Waals surface area contributed by atoms with Crippen molar-refractivity contribution in [3.63, 3.8) is 0 Å². The van der Waals surface area contributed by atoms with E-state index in [-0.39, 0.29) is 0 Å². The van der Waals surface area contributed by atoms with Crippen LogP contribution in [0.2, 0.25) is 0 Å². The number of piperazine rings is 1. The number of hydrogen-bond acceptors (Lipinski definition) is 4. The largest absolute Gasteiger partial charge is 0.379 e. The monoisotopic (exact) mass is 338 g/mol. The van der Waals surface area contributed by atoms with Crippen molar-refractivity contribution in [2.45, 2.75) is 20.8 Å². The van der Waals surface area contributed by atoms with Crippen LogP contribution in [0.25, 0.3) is 0 Å². The molecule has 1 N–H and O–H groups in total. The Balaban J connectivity index is 1.79. The van der Waals surface area contributed by atoms with Gasteiger partial charge in [-0.05, 0) is 30.4 Å². The first kappa shape index (κ1) is 18.1. The molecular weight excluding hydrogens is 308 g/mol. The first-order chi connectivity index (χ1) is 11.2. The van der Waals surface area contributed by atoms with Gasteiger partial charge in [0.05, 0.1) is 18.2 Å². The average molecular weight is 339 g/mol. The van der Waals surface area contributed by atoms with Gasteiger partial charge >= 0.3 is 0 Å². The lowest BCUT2D eigenvalue weighted by Gasteiger charge is -2.37. The smallest absolute Gasteiger partial charge is 0.194 e. The molecule has 0 aliphatic carbocycles. The van der Waals surface area contributed by atoms with Gasteiger partial charge in [-0.2, -0.15) is 0 Å². The first-order valence-corrected chi connectivity index (χ1v) is 9.48. The van der Waals surface area contributed by atoms with Crippen LogP contribution in [0.4, 0.5) is 5.00 Å². The highest BCUT2D eigenvalue weighted by Crippen LogP contribution is 2.22. The third kappa shape index (κ3) is 6.03. The van der Waals surface area contributed by atoms with Crippen LogP contribution in [0, 0.1) is 5.92 Å². The second-order valence-corrected chi connectivity index (χ2v) is 7.06. The van der Waals surface area contributed by atoms with Gasteiger partial charge in [0.2, 0.25) is 0 Å². The number of aliphatic imine (C=N–C) groups is 1. The Morgan fingerprint density at radius 2 is 2.13 bits per heavy atom. The maximum absolute atomic E-state index is 5.62. The summed E-state index contributed by atoms with van der Waals surface area (Å²) < 4.78 is 5.62. The van der Waals surface area contributed by atoms with E-state index in [2.05, 4.69) is 53.4 Å². The van der Waals surface area contributed by atoms with Crippen molar-refractivity contribution in [2.75, 3.05) is 57.4 Å². The van der Waals surface area contributed by atoms with Gasteiger partial charge in [0.15, 0.2) is 5.96 Å². The Hall–Kier alpha value is -1.27. The average Bonchev–Trinajstić information content (AvgIpc) is 3.08. The lowest BCUT2D eigenvalue weighted by atomic mass is 10.2.